The number of rotatable bonds is 2. The average molecular weight is 285 g/mol. The van der Waals surface area contributed by atoms with Gasteiger partial charge >= 0.3 is 6.18 Å². The summed E-state index contributed by atoms with van der Waals surface area (Å²) in [6.45, 7) is 0. The van der Waals surface area contributed by atoms with E-state index >= 15 is 0 Å². The van der Waals surface area contributed by atoms with Gasteiger partial charge in [-0.2, -0.15) is 13.2 Å². The molecule has 84 valence electrons. The monoisotopic (exact) mass is 284 g/mol. The fourth-order valence-corrected chi connectivity index (χ4v) is 1.48. The molecule has 6 heteroatoms. The lowest BCUT2D eigenvalue weighted by Gasteiger charge is -2.16. The minimum Gasteiger partial charge on any atom is -0.364 e. The van der Waals surface area contributed by atoms with E-state index in [1.54, 1.807) is 0 Å². The SMILES string of the molecule is COC(O)c1ccc(Br)cc1C(F)(F)F. The summed E-state index contributed by atoms with van der Waals surface area (Å²) in [5, 5.41) is 9.23. The number of benzene rings is 1. The van der Waals surface area contributed by atoms with Crippen LogP contribution in [0.1, 0.15) is 17.4 Å². The van der Waals surface area contributed by atoms with E-state index in [4.69, 9.17) is 0 Å². The van der Waals surface area contributed by atoms with Crippen molar-refractivity contribution >= 4 is 15.9 Å². The summed E-state index contributed by atoms with van der Waals surface area (Å²) in [6.07, 6.45) is -6.09. The van der Waals surface area contributed by atoms with Crippen LogP contribution in [0.2, 0.25) is 0 Å². The summed E-state index contributed by atoms with van der Waals surface area (Å²) in [5.41, 5.74) is -1.21. The molecule has 0 fully saturated rings. The molecule has 1 aromatic carbocycles. The molecule has 0 spiro atoms. The number of hydrogen-bond donors (Lipinski definition) is 1. The molecule has 0 saturated heterocycles. The number of hydrogen-bond acceptors (Lipinski definition) is 2. The standard InChI is InChI=1S/C9H8BrF3O2/c1-15-8(14)6-3-2-5(10)4-7(6)9(11,12)13/h2-4,8,14H,1H3. The Morgan fingerprint density at radius 3 is 2.47 bits per heavy atom. The van der Waals surface area contributed by atoms with Gasteiger partial charge in [0.1, 0.15) is 0 Å². The summed E-state index contributed by atoms with van der Waals surface area (Å²) in [5.74, 6) is 0. The lowest BCUT2D eigenvalue weighted by atomic mass is 10.1. The lowest BCUT2D eigenvalue weighted by molar-refractivity contribution is -0.144. The van der Waals surface area contributed by atoms with E-state index < -0.39 is 18.0 Å². The highest BCUT2D eigenvalue weighted by molar-refractivity contribution is 9.10. The summed E-state index contributed by atoms with van der Waals surface area (Å²) >= 11 is 2.94. The predicted molar refractivity (Wildman–Crippen MR) is 51.1 cm³/mol. The first-order valence-electron chi connectivity index (χ1n) is 3.93. The van der Waals surface area contributed by atoms with Crippen LogP contribution in [0.15, 0.2) is 22.7 Å². The Labute approximate surface area is 92.8 Å². The van der Waals surface area contributed by atoms with Crippen molar-refractivity contribution in [2.45, 2.75) is 12.5 Å². The van der Waals surface area contributed by atoms with Crippen molar-refractivity contribution in [3.8, 4) is 0 Å². The van der Waals surface area contributed by atoms with E-state index in [1.165, 1.54) is 12.1 Å². The minimum atomic E-state index is -4.52. The molecule has 0 amide bonds. The Bertz CT molecular complexity index is 352. The van der Waals surface area contributed by atoms with E-state index in [0.29, 0.717) is 4.47 Å². The molecule has 1 aromatic rings. The molecule has 0 heterocycles. The molecule has 0 aliphatic heterocycles. The normalized spacial score (nSPS) is 14.0. The van der Waals surface area contributed by atoms with Gasteiger partial charge in [0.2, 0.25) is 0 Å². The topological polar surface area (TPSA) is 29.5 Å². The Balaban J connectivity index is 3.27. The molecule has 0 aliphatic carbocycles. The number of aliphatic hydroxyl groups is 1. The van der Waals surface area contributed by atoms with Gasteiger partial charge in [-0.3, -0.25) is 0 Å². The predicted octanol–water partition coefficient (Wildman–Crippen LogP) is 3.11. The first kappa shape index (κ1) is 12.5. The van der Waals surface area contributed by atoms with Crippen LogP contribution >= 0.6 is 15.9 Å². The molecule has 1 N–H and O–H groups in total. The van der Waals surface area contributed by atoms with Crippen LogP contribution in [-0.2, 0) is 10.9 Å². The zero-order valence-electron chi connectivity index (χ0n) is 7.68. The van der Waals surface area contributed by atoms with Crippen LogP contribution in [0.3, 0.4) is 0 Å². The third-order valence-electron chi connectivity index (χ3n) is 1.81. The van der Waals surface area contributed by atoms with E-state index in [-0.39, 0.29) is 5.56 Å². The molecular weight excluding hydrogens is 277 g/mol. The van der Waals surface area contributed by atoms with Crippen LogP contribution in [0, 0.1) is 0 Å². The fourth-order valence-electron chi connectivity index (χ4n) is 1.12. The second kappa shape index (κ2) is 4.51. The largest absolute Gasteiger partial charge is 0.416 e. The summed E-state index contributed by atoms with van der Waals surface area (Å²) in [6, 6.07) is 3.48. The second-order valence-electron chi connectivity index (χ2n) is 2.82. The highest BCUT2D eigenvalue weighted by atomic mass is 79.9. The average Bonchev–Trinajstić information content (AvgIpc) is 2.15. The third kappa shape index (κ3) is 2.93. The Morgan fingerprint density at radius 2 is 2.00 bits per heavy atom. The molecule has 15 heavy (non-hydrogen) atoms. The second-order valence-corrected chi connectivity index (χ2v) is 3.73. The van der Waals surface area contributed by atoms with Gasteiger partial charge in [0.05, 0.1) is 5.56 Å². The highest BCUT2D eigenvalue weighted by Gasteiger charge is 2.35. The van der Waals surface area contributed by atoms with E-state index in [0.717, 1.165) is 13.2 Å². The van der Waals surface area contributed by atoms with Gasteiger partial charge in [-0.05, 0) is 12.1 Å². The van der Waals surface area contributed by atoms with Gasteiger partial charge < -0.3 is 9.84 Å². The zero-order valence-corrected chi connectivity index (χ0v) is 9.26. The van der Waals surface area contributed by atoms with Gasteiger partial charge in [0.15, 0.2) is 6.29 Å². The van der Waals surface area contributed by atoms with Gasteiger partial charge in [-0.25, -0.2) is 0 Å². The zero-order chi connectivity index (χ0) is 11.6. The number of aliphatic hydroxyl groups excluding tert-OH is 1. The van der Waals surface area contributed by atoms with Crippen LogP contribution in [0.25, 0.3) is 0 Å². The van der Waals surface area contributed by atoms with Crippen LogP contribution in [0.5, 0.6) is 0 Å². The number of halogens is 4. The van der Waals surface area contributed by atoms with Gasteiger partial charge in [-0.1, -0.05) is 22.0 Å². The Hall–Kier alpha value is -0.590. The first-order chi connectivity index (χ1) is 6.86. The van der Waals surface area contributed by atoms with Crippen molar-refractivity contribution in [1.29, 1.82) is 0 Å². The van der Waals surface area contributed by atoms with Crippen LogP contribution in [0.4, 0.5) is 13.2 Å². The van der Waals surface area contributed by atoms with Crippen LogP contribution in [-0.4, -0.2) is 12.2 Å². The Morgan fingerprint density at radius 1 is 1.40 bits per heavy atom. The maximum absolute atomic E-state index is 12.5. The maximum atomic E-state index is 12.5. The summed E-state index contributed by atoms with van der Waals surface area (Å²) < 4.78 is 42.4. The first-order valence-corrected chi connectivity index (χ1v) is 4.73. The van der Waals surface area contributed by atoms with Crippen molar-refractivity contribution in [3.05, 3.63) is 33.8 Å². The smallest absolute Gasteiger partial charge is 0.364 e. The van der Waals surface area contributed by atoms with Crippen molar-refractivity contribution in [2.24, 2.45) is 0 Å². The molecule has 1 atom stereocenters. The molecule has 0 radical (unpaired) electrons. The molecule has 0 aromatic heterocycles. The molecular formula is C9H8BrF3O2. The minimum absolute atomic E-state index is 0.293. The molecule has 0 aliphatic rings. The van der Waals surface area contributed by atoms with E-state index in [9.17, 15) is 18.3 Å². The Kier molecular flexibility index (Phi) is 3.75. The van der Waals surface area contributed by atoms with Gasteiger partial charge in [-0.15, -0.1) is 0 Å². The molecule has 2 nitrogen and oxygen atoms in total. The van der Waals surface area contributed by atoms with Crippen molar-refractivity contribution < 1.29 is 23.0 Å². The molecule has 0 saturated carbocycles. The quantitative estimate of drug-likeness (QED) is 0.846. The number of alkyl halides is 3. The summed E-state index contributed by atoms with van der Waals surface area (Å²) in [7, 11) is 1.13. The van der Waals surface area contributed by atoms with Crippen LogP contribution < -0.4 is 0 Å². The van der Waals surface area contributed by atoms with Crippen molar-refractivity contribution in [1.82, 2.24) is 0 Å². The number of methoxy groups -OCH3 is 1. The highest BCUT2D eigenvalue weighted by Crippen LogP contribution is 2.36. The maximum Gasteiger partial charge on any atom is 0.416 e. The van der Waals surface area contributed by atoms with Crippen molar-refractivity contribution in [2.75, 3.05) is 7.11 Å². The fraction of sp³-hybridized carbons (Fsp3) is 0.333. The van der Waals surface area contributed by atoms with Gasteiger partial charge in [0.25, 0.3) is 0 Å². The molecule has 1 rings (SSSR count). The van der Waals surface area contributed by atoms with Crippen molar-refractivity contribution in [3.63, 3.8) is 0 Å². The van der Waals surface area contributed by atoms with E-state index in [1.807, 2.05) is 0 Å². The van der Waals surface area contributed by atoms with E-state index in [2.05, 4.69) is 20.7 Å². The molecule has 0 bridgehead atoms. The third-order valence-corrected chi connectivity index (χ3v) is 2.30. The van der Waals surface area contributed by atoms with Gasteiger partial charge in [0, 0.05) is 17.1 Å². The molecule has 1 unspecified atom stereocenters. The lowest BCUT2D eigenvalue weighted by Crippen LogP contribution is -2.13. The summed E-state index contributed by atoms with van der Waals surface area (Å²) in [4.78, 5) is 0. The number of ether oxygens (including phenoxy) is 1.